The molecule has 1 aromatic heterocycles. The van der Waals surface area contributed by atoms with E-state index in [4.69, 9.17) is 30.5 Å². The van der Waals surface area contributed by atoms with E-state index in [9.17, 15) is 4.79 Å². The number of benzene rings is 1. The number of hydrogen-bond donors (Lipinski definition) is 0. The highest BCUT2D eigenvalue weighted by Crippen LogP contribution is 2.34. The van der Waals surface area contributed by atoms with E-state index in [-0.39, 0.29) is 34.1 Å². The Morgan fingerprint density at radius 1 is 1.12 bits per heavy atom. The number of halogens is 1. The quantitative estimate of drug-likeness (QED) is 0.705. The molecule has 128 valence electrons. The molecule has 0 bridgehead atoms. The molecule has 8 heteroatoms. The van der Waals surface area contributed by atoms with Crippen LogP contribution in [-0.2, 0) is 4.74 Å². The summed E-state index contributed by atoms with van der Waals surface area (Å²) < 4.78 is 20.9. The predicted octanol–water partition coefficient (Wildman–Crippen LogP) is 3.51. The third kappa shape index (κ3) is 4.05. The number of ether oxygens (including phenoxy) is 4. The van der Waals surface area contributed by atoms with Crippen molar-refractivity contribution in [2.45, 2.75) is 13.3 Å². The van der Waals surface area contributed by atoms with Gasteiger partial charge in [-0.15, -0.1) is 0 Å². The summed E-state index contributed by atoms with van der Waals surface area (Å²) in [5, 5.41) is 0.128. The van der Waals surface area contributed by atoms with Crippen LogP contribution in [0.2, 0.25) is 5.02 Å². The molecule has 0 unspecified atom stereocenters. The van der Waals surface area contributed by atoms with Crippen LogP contribution in [0.4, 0.5) is 0 Å². The maximum Gasteiger partial charge on any atom is 0.341 e. The number of carbonyl (C=O) groups excluding carboxylic acids is 1. The third-order valence-corrected chi connectivity index (χ3v) is 3.23. The van der Waals surface area contributed by atoms with Gasteiger partial charge < -0.3 is 18.9 Å². The van der Waals surface area contributed by atoms with Gasteiger partial charge in [-0.25, -0.2) is 4.79 Å². The summed E-state index contributed by atoms with van der Waals surface area (Å²) >= 11 is 6.02. The summed E-state index contributed by atoms with van der Waals surface area (Å²) in [6.07, 6.45) is 0.726. The third-order valence-electron chi connectivity index (χ3n) is 2.90. The van der Waals surface area contributed by atoms with Crippen molar-refractivity contribution in [2.24, 2.45) is 0 Å². The van der Waals surface area contributed by atoms with E-state index < -0.39 is 5.97 Å². The van der Waals surface area contributed by atoms with Crippen LogP contribution in [-0.4, -0.2) is 36.8 Å². The summed E-state index contributed by atoms with van der Waals surface area (Å²) in [4.78, 5) is 20.2. The lowest BCUT2D eigenvalue weighted by atomic mass is 10.2. The molecule has 0 atom stereocenters. The van der Waals surface area contributed by atoms with Crippen molar-refractivity contribution in [3.8, 4) is 23.5 Å². The molecule has 2 aromatic rings. The maximum atomic E-state index is 12.1. The number of para-hydroxylation sites is 1. The monoisotopic (exact) mass is 352 g/mol. The molecule has 0 saturated carbocycles. The van der Waals surface area contributed by atoms with Gasteiger partial charge in [0.25, 0.3) is 0 Å². The van der Waals surface area contributed by atoms with Gasteiger partial charge in [-0.2, -0.15) is 9.97 Å². The largest absolute Gasteiger partial charge is 0.480 e. The summed E-state index contributed by atoms with van der Waals surface area (Å²) in [6.45, 7) is 2.24. The molecule has 7 nitrogen and oxygen atoms in total. The van der Waals surface area contributed by atoms with E-state index in [1.54, 1.807) is 24.3 Å². The highest BCUT2D eigenvalue weighted by Gasteiger charge is 2.18. The molecule has 24 heavy (non-hydrogen) atoms. The van der Waals surface area contributed by atoms with E-state index >= 15 is 0 Å². The van der Waals surface area contributed by atoms with E-state index in [0.29, 0.717) is 6.61 Å². The Labute approximate surface area is 144 Å². The molecule has 0 amide bonds. The Morgan fingerprint density at radius 2 is 1.75 bits per heavy atom. The van der Waals surface area contributed by atoms with Crippen molar-refractivity contribution in [1.29, 1.82) is 0 Å². The van der Waals surface area contributed by atoms with Crippen LogP contribution in [0.25, 0.3) is 0 Å². The van der Waals surface area contributed by atoms with Gasteiger partial charge in [0.2, 0.25) is 11.8 Å². The summed E-state index contributed by atoms with van der Waals surface area (Å²) in [5.41, 5.74) is 0.266. The van der Waals surface area contributed by atoms with Crippen LogP contribution < -0.4 is 14.2 Å². The number of esters is 1. The molecular weight excluding hydrogens is 336 g/mol. The zero-order valence-electron chi connectivity index (χ0n) is 13.5. The number of hydrogen-bond acceptors (Lipinski definition) is 7. The average molecular weight is 353 g/mol. The lowest BCUT2D eigenvalue weighted by Gasteiger charge is -2.12. The number of rotatable bonds is 7. The molecule has 0 aliphatic rings. The highest BCUT2D eigenvalue weighted by molar-refractivity contribution is 6.33. The first kappa shape index (κ1) is 17.8. The predicted molar refractivity (Wildman–Crippen MR) is 87.2 cm³/mol. The summed E-state index contributed by atoms with van der Waals surface area (Å²) in [6, 6.07) is 6.57. The Morgan fingerprint density at radius 3 is 2.33 bits per heavy atom. The van der Waals surface area contributed by atoms with Crippen molar-refractivity contribution in [3.05, 3.63) is 34.9 Å². The number of aromatic nitrogens is 2. The van der Waals surface area contributed by atoms with Crippen molar-refractivity contribution in [2.75, 3.05) is 20.8 Å². The molecule has 0 radical (unpaired) electrons. The second-order valence-corrected chi connectivity index (χ2v) is 4.95. The fourth-order valence-electron chi connectivity index (χ4n) is 1.80. The fourth-order valence-corrected chi connectivity index (χ4v) is 2.04. The topological polar surface area (TPSA) is 79.8 Å². The summed E-state index contributed by atoms with van der Waals surface area (Å²) in [7, 11) is 2.82. The first-order chi connectivity index (χ1) is 11.6. The van der Waals surface area contributed by atoms with E-state index in [1.165, 1.54) is 14.2 Å². The molecule has 0 aliphatic heterocycles. The number of nitrogens with zero attached hydrogens (tertiary/aromatic N) is 2. The van der Waals surface area contributed by atoms with Crippen molar-refractivity contribution in [1.82, 2.24) is 9.97 Å². The van der Waals surface area contributed by atoms with Crippen molar-refractivity contribution < 1.29 is 23.7 Å². The van der Waals surface area contributed by atoms with Gasteiger partial charge in [0.05, 0.1) is 20.8 Å². The van der Waals surface area contributed by atoms with Crippen LogP contribution in [0.5, 0.6) is 23.5 Å². The summed E-state index contributed by atoms with van der Waals surface area (Å²) in [5.74, 6) is -0.0283. The normalized spacial score (nSPS) is 10.2. The van der Waals surface area contributed by atoms with E-state index in [0.717, 1.165) is 6.42 Å². The lowest BCUT2D eigenvalue weighted by Crippen LogP contribution is -2.08. The SMILES string of the molecule is CCCOC(=O)c1ccccc1Oc1nc(OC)c(Cl)c(OC)n1. The minimum Gasteiger partial charge on any atom is -0.480 e. The molecule has 0 fully saturated rings. The van der Waals surface area contributed by atoms with Gasteiger partial charge in [0, 0.05) is 0 Å². The van der Waals surface area contributed by atoms with Crippen LogP contribution in [0, 0.1) is 0 Å². The molecule has 0 saturated heterocycles. The molecule has 1 heterocycles. The molecule has 2 rings (SSSR count). The Bertz CT molecular complexity index is 698. The van der Waals surface area contributed by atoms with Gasteiger partial charge in [-0.3, -0.25) is 0 Å². The molecule has 0 spiro atoms. The van der Waals surface area contributed by atoms with Crippen molar-refractivity contribution in [3.63, 3.8) is 0 Å². The standard InChI is InChI=1S/C16H17ClN2O5/c1-4-9-23-15(20)10-7-5-6-8-11(10)24-16-18-13(21-2)12(17)14(19-16)22-3/h5-8H,4,9H2,1-3H3. The lowest BCUT2D eigenvalue weighted by molar-refractivity contribution is 0.0502. The average Bonchev–Trinajstić information content (AvgIpc) is 2.61. The van der Waals surface area contributed by atoms with Gasteiger partial charge in [-0.1, -0.05) is 30.7 Å². The molecule has 1 aromatic carbocycles. The minimum atomic E-state index is -0.486. The smallest absolute Gasteiger partial charge is 0.341 e. The van der Waals surface area contributed by atoms with Crippen LogP contribution >= 0.6 is 11.6 Å². The van der Waals surface area contributed by atoms with Gasteiger partial charge in [0.1, 0.15) is 11.3 Å². The Hall–Kier alpha value is -2.54. The Kier molecular flexibility index (Phi) is 6.20. The minimum absolute atomic E-state index is 0.0659. The highest BCUT2D eigenvalue weighted by atomic mass is 35.5. The maximum absolute atomic E-state index is 12.1. The van der Waals surface area contributed by atoms with Gasteiger partial charge >= 0.3 is 12.0 Å². The van der Waals surface area contributed by atoms with Crippen LogP contribution in [0.15, 0.2) is 24.3 Å². The fraction of sp³-hybridized carbons (Fsp3) is 0.312. The zero-order chi connectivity index (χ0) is 17.5. The van der Waals surface area contributed by atoms with Crippen molar-refractivity contribution >= 4 is 17.6 Å². The van der Waals surface area contributed by atoms with E-state index in [2.05, 4.69) is 9.97 Å². The van der Waals surface area contributed by atoms with Gasteiger partial charge in [0.15, 0.2) is 5.02 Å². The number of carbonyl (C=O) groups is 1. The first-order valence-corrected chi connectivity index (χ1v) is 7.58. The second kappa shape index (κ2) is 8.35. The molecular formula is C16H17ClN2O5. The van der Waals surface area contributed by atoms with Crippen LogP contribution in [0.3, 0.4) is 0 Å². The molecule has 0 N–H and O–H groups in total. The van der Waals surface area contributed by atoms with E-state index in [1.807, 2.05) is 6.92 Å². The zero-order valence-corrected chi connectivity index (χ0v) is 14.3. The Balaban J connectivity index is 2.33. The first-order valence-electron chi connectivity index (χ1n) is 7.20. The van der Waals surface area contributed by atoms with Gasteiger partial charge in [-0.05, 0) is 18.6 Å². The van der Waals surface area contributed by atoms with Crippen LogP contribution in [0.1, 0.15) is 23.7 Å². The second-order valence-electron chi connectivity index (χ2n) is 4.57. The molecule has 0 aliphatic carbocycles. The number of methoxy groups -OCH3 is 2.